The van der Waals surface area contributed by atoms with Gasteiger partial charge in [-0.3, -0.25) is 9.79 Å². The molecule has 1 aliphatic carbocycles. The van der Waals surface area contributed by atoms with Crippen molar-refractivity contribution in [3.63, 3.8) is 0 Å². The summed E-state index contributed by atoms with van der Waals surface area (Å²) >= 11 is 0. The third-order valence-electron chi connectivity index (χ3n) is 5.10. The molecule has 0 amide bonds. The fourth-order valence-corrected chi connectivity index (χ4v) is 3.15. The number of nitrogens with one attached hydrogen (secondary N) is 2. The summed E-state index contributed by atoms with van der Waals surface area (Å²) < 4.78 is 1.76. The predicted octanol–water partition coefficient (Wildman–Crippen LogP) is 3.38. The zero-order valence-corrected chi connectivity index (χ0v) is 17.9. The minimum absolute atomic E-state index is 0. The van der Waals surface area contributed by atoms with Gasteiger partial charge in [0.2, 0.25) is 5.56 Å². The molecule has 25 heavy (non-hydrogen) atoms. The maximum atomic E-state index is 11.6. The van der Waals surface area contributed by atoms with E-state index in [-0.39, 0.29) is 29.5 Å². The molecule has 1 aliphatic rings. The van der Waals surface area contributed by atoms with Gasteiger partial charge in [0.15, 0.2) is 5.96 Å². The normalized spacial score (nSPS) is 15.8. The Balaban J connectivity index is 0.00000312. The van der Waals surface area contributed by atoms with Crippen LogP contribution in [0.3, 0.4) is 0 Å². The maximum Gasteiger partial charge on any atom is 0.250 e. The zero-order chi connectivity index (χ0) is 17.3. The molecule has 1 aromatic rings. The van der Waals surface area contributed by atoms with E-state index in [2.05, 4.69) is 24.5 Å². The highest BCUT2D eigenvalue weighted by atomic mass is 127. The molecule has 1 heterocycles. The summed E-state index contributed by atoms with van der Waals surface area (Å²) in [6.45, 7) is 7.83. The van der Waals surface area contributed by atoms with Crippen LogP contribution >= 0.6 is 24.0 Å². The second-order valence-corrected chi connectivity index (χ2v) is 6.77. The Morgan fingerprint density at radius 2 is 2.04 bits per heavy atom. The summed E-state index contributed by atoms with van der Waals surface area (Å²) in [4.78, 5) is 16.4. The molecule has 2 N–H and O–H groups in total. The van der Waals surface area contributed by atoms with Gasteiger partial charge in [0, 0.05) is 38.4 Å². The monoisotopic (exact) mass is 460 g/mol. The summed E-state index contributed by atoms with van der Waals surface area (Å²) in [6, 6.07) is 5.29. The lowest BCUT2D eigenvalue weighted by Gasteiger charge is -2.40. The van der Waals surface area contributed by atoms with Crippen molar-refractivity contribution in [1.82, 2.24) is 15.2 Å². The van der Waals surface area contributed by atoms with E-state index in [9.17, 15) is 4.79 Å². The quantitative estimate of drug-likeness (QED) is 0.257. The maximum absolute atomic E-state index is 11.6. The first-order chi connectivity index (χ1) is 11.7. The van der Waals surface area contributed by atoms with E-state index in [1.165, 1.54) is 25.7 Å². The first-order valence-corrected chi connectivity index (χ1v) is 9.37. The number of hydrogen-bond acceptors (Lipinski definition) is 2. The molecule has 0 bridgehead atoms. The van der Waals surface area contributed by atoms with E-state index in [1.54, 1.807) is 16.7 Å². The third-order valence-corrected chi connectivity index (χ3v) is 5.10. The lowest BCUT2D eigenvalue weighted by molar-refractivity contribution is 0.139. The first kappa shape index (κ1) is 22.0. The second kappa shape index (κ2) is 11.5. The van der Waals surface area contributed by atoms with Crippen LogP contribution in [-0.2, 0) is 6.54 Å². The molecule has 142 valence electrons. The highest BCUT2D eigenvalue weighted by Gasteiger charge is 2.34. The molecule has 0 aliphatic heterocycles. The van der Waals surface area contributed by atoms with Gasteiger partial charge in [0.05, 0.1) is 0 Å². The van der Waals surface area contributed by atoms with Crippen LogP contribution in [0.2, 0.25) is 0 Å². The predicted molar refractivity (Wildman–Crippen MR) is 116 cm³/mol. The lowest BCUT2D eigenvalue weighted by atomic mass is 9.67. The number of unbranched alkanes of at least 4 members (excludes halogenated alkanes) is 1. The van der Waals surface area contributed by atoms with Crippen LogP contribution in [0, 0.1) is 5.41 Å². The van der Waals surface area contributed by atoms with Crippen molar-refractivity contribution in [3.8, 4) is 0 Å². The van der Waals surface area contributed by atoms with Crippen LogP contribution in [0.4, 0.5) is 0 Å². The Kier molecular flexibility index (Phi) is 10.2. The number of aliphatic imine (C=N–C) groups is 1. The van der Waals surface area contributed by atoms with Crippen molar-refractivity contribution in [2.24, 2.45) is 10.4 Å². The molecular formula is C19H33IN4O. The molecule has 0 atom stereocenters. The van der Waals surface area contributed by atoms with Crippen LogP contribution in [0.25, 0.3) is 0 Å². The van der Waals surface area contributed by atoms with Crippen LogP contribution in [0.5, 0.6) is 0 Å². The van der Waals surface area contributed by atoms with Crippen molar-refractivity contribution in [2.45, 2.75) is 58.9 Å². The van der Waals surface area contributed by atoms with Gasteiger partial charge in [0.1, 0.15) is 0 Å². The van der Waals surface area contributed by atoms with E-state index >= 15 is 0 Å². The number of aryl methyl sites for hydroxylation is 1. The lowest BCUT2D eigenvalue weighted by Crippen LogP contribution is -2.40. The molecule has 2 rings (SSSR count). The van der Waals surface area contributed by atoms with Gasteiger partial charge < -0.3 is 15.2 Å². The van der Waals surface area contributed by atoms with Gasteiger partial charge in [-0.2, -0.15) is 0 Å². The smallest absolute Gasteiger partial charge is 0.250 e. The van der Waals surface area contributed by atoms with Crippen molar-refractivity contribution >= 4 is 29.9 Å². The average molecular weight is 460 g/mol. The summed E-state index contributed by atoms with van der Waals surface area (Å²) in [5.74, 6) is 0.925. The Morgan fingerprint density at radius 3 is 2.64 bits per heavy atom. The van der Waals surface area contributed by atoms with E-state index in [0.29, 0.717) is 5.41 Å². The standard InChI is InChI=1S/C19H32N4O.HI/c1-3-19(11-9-12-19)16-22-18(20-4-2)21-13-6-8-15-23-14-7-5-10-17(23)24;/h5,7,10,14H,3-4,6,8-9,11-13,15-16H2,1-2H3,(H2,20,21,22);1H. The van der Waals surface area contributed by atoms with Crippen molar-refractivity contribution < 1.29 is 0 Å². The molecule has 1 aromatic heterocycles. The van der Waals surface area contributed by atoms with Gasteiger partial charge in [-0.15, -0.1) is 24.0 Å². The number of pyridine rings is 1. The van der Waals surface area contributed by atoms with Crippen LogP contribution in [0.15, 0.2) is 34.2 Å². The Labute approximate surface area is 168 Å². The highest BCUT2D eigenvalue weighted by Crippen LogP contribution is 2.43. The van der Waals surface area contributed by atoms with Crippen molar-refractivity contribution in [2.75, 3.05) is 19.6 Å². The molecule has 0 aromatic carbocycles. The topological polar surface area (TPSA) is 58.4 Å². The van der Waals surface area contributed by atoms with Gasteiger partial charge in [0.25, 0.3) is 0 Å². The number of halogens is 1. The molecule has 1 saturated carbocycles. The summed E-state index contributed by atoms with van der Waals surface area (Å²) in [5.41, 5.74) is 0.530. The average Bonchev–Trinajstić information content (AvgIpc) is 2.55. The van der Waals surface area contributed by atoms with Gasteiger partial charge in [-0.25, -0.2) is 0 Å². The summed E-state index contributed by atoms with van der Waals surface area (Å²) in [6.07, 6.45) is 9.06. The first-order valence-electron chi connectivity index (χ1n) is 9.37. The molecule has 0 unspecified atom stereocenters. The van der Waals surface area contributed by atoms with Gasteiger partial charge in [-0.1, -0.05) is 19.4 Å². The number of hydrogen-bond donors (Lipinski definition) is 2. The molecule has 1 fully saturated rings. The Hall–Kier alpha value is -1.05. The molecule has 0 spiro atoms. The number of aromatic nitrogens is 1. The zero-order valence-electron chi connectivity index (χ0n) is 15.6. The Morgan fingerprint density at radius 1 is 1.24 bits per heavy atom. The SMILES string of the molecule is CCNC(=NCC1(CC)CCC1)NCCCCn1ccccc1=O.I. The minimum Gasteiger partial charge on any atom is -0.357 e. The Bertz CT molecular complexity index is 575. The molecule has 0 radical (unpaired) electrons. The fourth-order valence-electron chi connectivity index (χ4n) is 3.15. The largest absolute Gasteiger partial charge is 0.357 e. The minimum atomic E-state index is 0. The molecule has 0 saturated heterocycles. The molecular weight excluding hydrogens is 427 g/mol. The number of guanidine groups is 1. The van der Waals surface area contributed by atoms with E-state index < -0.39 is 0 Å². The number of nitrogens with zero attached hydrogens (tertiary/aromatic N) is 2. The van der Waals surface area contributed by atoms with Crippen molar-refractivity contribution in [1.29, 1.82) is 0 Å². The van der Waals surface area contributed by atoms with E-state index in [0.717, 1.165) is 45.0 Å². The van der Waals surface area contributed by atoms with Crippen LogP contribution in [-0.4, -0.2) is 30.2 Å². The van der Waals surface area contributed by atoms with E-state index in [4.69, 9.17) is 4.99 Å². The summed E-state index contributed by atoms with van der Waals surface area (Å²) in [7, 11) is 0. The highest BCUT2D eigenvalue weighted by molar-refractivity contribution is 14.0. The third kappa shape index (κ3) is 6.99. The summed E-state index contributed by atoms with van der Waals surface area (Å²) in [5, 5.41) is 6.75. The van der Waals surface area contributed by atoms with Gasteiger partial charge >= 0.3 is 0 Å². The number of rotatable bonds is 9. The van der Waals surface area contributed by atoms with Gasteiger partial charge in [-0.05, 0) is 50.5 Å². The van der Waals surface area contributed by atoms with Crippen LogP contribution in [0.1, 0.15) is 52.4 Å². The fraction of sp³-hybridized carbons (Fsp3) is 0.684. The second-order valence-electron chi connectivity index (χ2n) is 6.77. The molecule has 5 nitrogen and oxygen atoms in total. The molecule has 6 heteroatoms. The van der Waals surface area contributed by atoms with Crippen LogP contribution < -0.4 is 16.2 Å². The van der Waals surface area contributed by atoms with Crippen molar-refractivity contribution in [3.05, 3.63) is 34.7 Å². The van der Waals surface area contributed by atoms with E-state index in [1.807, 2.05) is 12.3 Å².